The molecule has 0 aliphatic carbocycles. The van der Waals surface area contributed by atoms with Crippen molar-refractivity contribution in [3.05, 3.63) is 17.5 Å². The van der Waals surface area contributed by atoms with E-state index >= 15 is 0 Å². The van der Waals surface area contributed by atoms with Crippen LogP contribution in [0, 0.1) is 0 Å². The Morgan fingerprint density at radius 1 is 1.39 bits per heavy atom. The van der Waals surface area contributed by atoms with Gasteiger partial charge in [-0.1, -0.05) is 13.8 Å². The number of carbonyl (C=O) groups is 1. The Morgan fingerprint density at radius 2 is 2.06 bits per heavy atom. The molecular weight excluding hydrogens is 252 g/mol. The number of rotatable bonds is 7. The van der Waals surface area contributed by atoms with Crippen LogP contribution in [0.5, 0.6) is 0 Å². The number of ketones is 1. The average molecular weight is 272 g/mol. The van der Waals surface area contributed by atoms with Crippen LogP contribution in [0.2, 0.25) is 0 Å². The van der Waals surface area contributed by atoms with E-state index < -0.39 is 9.84 Å². The summed E-state index contributed by atoms with van der Waals surface area (Å²) in [6, 6.07) is 1.77. The van der Waals surface area contributed by atoms with Gasteiger partial charge in [-0.05, 0) is 18.9 Å². The highest BCUT2D eigenvalue weighted by Crippen LogP contribution is 2.09. The van der Waals surface area contributed by atoms with Crippen LogP contribution < -0.4 is 0 Å². The predicted octanol–water partition coefficient (Wildman–Crippen LogP) is 1.38. The third kappa shape index (κ3) is 3.94. The number of aromatic nitrogens is 2. The van der Waals surface area contributed by atoms with Gasteiger partial charge in [0.1, 0.15) is 15.5 Å². The molecule has 1 aromatic rings. The fourth-order valence-corrected chi connectivity index (χ4v) is 2.56. The Morgan fingerprint density at radius 3 is 2.56 bits per heavy atom. The molecule has 0 aliphatic heterocycles. The molecule has 102 valence electrons. The Labute approximate surface area is 108 Å². The van der Waals surface area contributed by atoms with Gasteiger partial charge in [-0.3, -0.25) is 9.48 Å². The Balaban J connectivity index is 2.58. The van der Waals surface area contributed by atoms with E-state index in [4.69, 9.17) is 0 Å². The van der Waals surface area contributed by atoms with Crippen LogP contribution in [0.1, 0.15) is 42.9 Å². The topological polar surface area (TPSA) is 69.0 Å². The van der Waals surface area contributed by atoms with Gasteiger partial charge in [0.05, 0.1) is 11.4 Å². The second-order valence-electron chi connectivity index (χ2n) is 4.26. The van der Waals surface area contributed by atoms with Gasteiger partial charge in [0.15, 0.2) is 5.78 Å². The quantitative estimate of drug-likeness (QED) is 0.703. The van der Waals surface area contributed by atoms with Crippen molar-refractivity contribution in [1.29, 1.82) is 0 Å². The van der Waals surface area contributed by atoms with Crippen molar-refractivity contribution < 1.29 is 13.2 Å². The summed E-state index contributed by atoms with van der Waals surface area (Å²) in [5, 5.41) is 4.20. The molecule has 0 fully saturated rings. The fraction of sp³-hybridized carbons (Fsp3) is 0.667. The third-order valence-corrected chi connectivity index (χ3v) is 4.67. The van der Waals surface area contributed by atoms with Crippen molar-refractivity contribution in [2.45, 2.75) is 33.1 Å². The Kier molecular flexibility index (Phi) is 5.07. The first-order valence-corrected chi connectivity index (χ1v) is 7.98. The Hall–Kier alpha value is -1.17. The molecule has 1 rings (SSSR count). The summed E-state index contributed by atoms with van der Waals surface area (Å²) in [4.78, 5) is 11.9. The molecule has 0 bridgehead atoms. The molecule has 1 heterocycles. The van der Waals surface area contributed by atoms with Crippen molar-refractivity contribution in [3.8, 4) is 0 Å². The van der Waals surface area contributed by atoms with Crippen LogP contribution in [-0.4, -0.2) is 35.5 Å². The van der Waals surface area contributed by atoms with E-state index in [2.05, 4.69) is 5.10 Å². The molecule has 5 nitrogen and oxygen atoms in total. The van der Waals surface area contributed by atoms with Crippen molar-refractivity contribution in [3.63, 3.8) is 0 Å². The van der Waals surface area contributed by atoms with Gasteiger partial charge in [-0.15, -0.1) is 0 Å². The molecule has 18 heavy (non-hydrogen) atoms. The zero-order chi connectivity index (χ0) is 13.8. The van der Waals surface area contributed by atoms with E-state index in [1.54, 1.807) is 24.7 Å². The van der Waals surface area contributed by atoms with Crippen molar-refractivity contribution in [2.75, 3.05) is 11.5 Å². The summed E-state index contributed by atoms with van der Waals surface area (Å²) in [6.45, 7) is 3.59. The zero-order valence-corrected chi connectivity index (χ0v) is 12.0. The number of hydrogen-bond acceptors (Lipinski definition) is 4. The summed E-state index contributed by atoms with van der Waals surface area (Å²) in [6.07, 6.45) is 1.41. The summed E-state index contributed by atoms with van der Waals surface area (Å²) < 4.78 is 24.2. The highest BCUT2D eigenvalue weighted by atomic mass is 32.2. The van der Waals surface area contributed by atoms with Crippen LogP contribution >= 0.6 is 0 Å². The highest BCUT2D eigenvalue weighted by molar-refractivity contribution is 7.91. The molecule has 0 saturated heterocycles. The maximum absolute atomic E-state index is 11.9. The van der Waals surface area contributed by atoms with Crippen molar-refractivity contribution >= 4 is 15.6 Å². The maximum atomic E-state index is 11.9. The van der Waals surface area contributed by atoms with Gasteiger partial charge >= 0.3 is 0 Å². The summed E-state index contributed by atoms with van der Waals surface area (Å²) in [7, 11) is -1.25. The normalized spacial score (nSPS) is 11.7. The van der Waals surface area contributed by atoms with Gasteiger partial charge in [0.2, 0.25) is 0 Å². The van der Waals surface area contributed by atoms with E-state index in [1.807, 2.05) is 6.92 Å². The lowest BCUT2D eigenvalue weighted by molar-refractivity contribution is 0.0973. The van der Waals surface area contributed by atoms with Crippen LogP contribution in [0.25, 0.3) is 0 Å². The average Bonchev–Trinajstić information content (AvgIpc) is 2.70. The van der Waals surface area contributed by atoms with E-state index in [9.17, 15) is 13.2 Å². The van der Waals surface area contributed by atoms with Crippen LogP contribution in [0.15, 0.2) is 6.07 Å². The van der Waals surface area contributed by atoms with E-state index in [1.165, 1.54) is 0 Å². The van der Waals surface area contributed by atoms with Gasteiger partial charge in [0, 0.05) is 19.2 Å². The van der Waals surface area contributed by atoms with E-state index in [0.29, 0.717) is 12.1 Å². The summed E-state index contributed by atoms with van der Waals surface area (Å²) >= 11 is 0. The van der Waals surface area contributed by atoms with Crippen molar-refractivity contribution in [2.24, 2.45) is 7.05 Å². The maximum Gasteiger partial charge on any atom is 0.180 e. The van der Waals surface area contributed by atoms with Crippen LogP contribution in [-0.2, 0) is 23.3 Å². The molecule has 0 unspecified atom stereocenters. The largest absolute Gasteiger partial charge is 0.292 e. The molecule has 0 aliphatic rings. The molecule has 0 radical (unpaired) electrons. The molecule has 0 saturated carbocycles. The van der Waals surface area contributed by atoms with E-state index in [-0.39, 0.29) is 23.7 Å². The number of Topliss-reactive ketones (excluding diaryl/α,β-unsaturated/α-hetero) is 1. The number of sulfone groups is 1. The molecule has 1 aromatic heterocycles. The molecule has 0 amide bonds. The lowest BCUT2D eigenvalue weighted by Crippen LogP contribution is -2.12. The number of aryl methyl sites for hydroxylation is 2. The minimum absolute atomic E-state index is 0.0454. The van der Waals surface area contributed by atoms with Gasteiger partial charge < -0.3 is 0 Å². The Bertz CT molecular complexity index is 517. The fourth-order valence-electron chi connectivity index (χ4n) is 1.69. The van der Waals surface area contributed by atoms with Gasteiger partial charge in [-0.25, -0.2) is 8.42 Å². The molecule has 0 atom stereocenters. The summed E-state index contributed by atoms with van der Waals surface area (Å²) in [5.41, 5.74) is 1.43. The molecular formula is C12H20N2O3S. The molecule has 6 heteroatoms. The zero-order valence-electron chi connectivity index (χ0n) is 11.1. The minimum atomic E-state index is -2.98. The van der Waals surface area contributed by atoms with E-state index in [0.717, 1.165) is 12.1 Å². The van der Waals surface area contributed by atoms with Crippen LogP contribution in [0.4, 0.5) is 0 Å². The summed E-state index contributed by atoms with van der Waals surface area (Å²) in [5.74, 6) is 0.164. The first-order valence-electron chi connectivity index (χ1n) is 6.16. The van der Waals surface area contributed by atoms with Crippen molar-refractivity contribution in [1.82, 2.24) is 9.78 Å². The first-order chi connectivity index (χ1) is 8.39. The van der Waals surface area contributed by atoms with Gasteiger partial charge in [0.25, 0.3) is 0 Å². The SMILES string of the molecule is CCc1cc(C(=O)CCCS(=O)(=O)CC)n(C)n1. The second kappa shape index (κ2) is 6.13. The van der Waals surface area contributed by atoms with Gasteiger partial charge in [-0.2, -0.15) is 5.10 Å². The minimum Gasteiger partial charge on any atom is -0.292 e. The predicted molar refractivity (Wildman–Crippen MR) is 70.5 cm³/mol. The monoisotopic (exact) mass is 272 g/mol. The highest BCUT2D eigenvalue weighted by Gasteiger charge is 2.14. The standard InChI is InChI=1S/C12H20N2O3S/c1-4-10-9-11(14(3)13-10)12(15)7-6-8-18(16,17)5-2/h9H,4-8H2,1-3H3. The number of hydrogen-bond donors (Lipinski definition) is 0. The lowest BCUT2D eigenvalue weighted by atomic mass is 10.1. The van der Waals surface area contributed by atoms with Crippen LogP contribution in [0.3, 0.4) is 0 Å². The number of carbonyl (C=O) groups excluding carboxylic acids is 1. The second-order valence-corrected chi connectivity index (χ2v) is 6.73. The molecule has 0 spiro atoms. The number of nitrogens with zero attached hydrogens (tertiary/aromatic N) is 2. The lowest BCUT2D eigenvalue weighted by Gasteiger charge is -2.02. The smallest absolute Gasteiger partial charge is 0.180 e. The third-order valence-electron chi connectivity index (χ3n) is 2.88. The first kappa shape index (κ1) is 14.9. The molecule has 0 aromatic carbocycles. The molecule has 0 N–H and O–H groups in total.